The average molecular weight is 490 g/mol. The summed E-state index contributed by atoms with van der Waals surface area (Å²) in [5, 5.41) is 24.4. The number of hydrogen-bond acceptors (Lipinski definition) is 7. The molecule has 1 aromatic heterocycles. The van der Waals surface area contributed by atoms with Crippen LogP contribution in [0.15, 0.2) is 34.8 Å². The summed E-state index contributed by atoms with van der Waals surface area (Å²) >= 11 is 1.56. The van der Waals surface area contributed by atoms with E-state index in [1.165, 1.54) is 0 Å². The van der Waals surface area contributed by atoms with Crippen molar-refractivity contribution in [2.24, 2.45) is 17.3 Å². The van der Waals surface area contributed by atoms with Crippen LogP contribution in [0.1, 0.15) is 71.5 Å². The fraction of sp³-hybridized carbons (Fsp3) is 0.593. The quantitative estimate of drug-likeness (QED) is 0.446. The number of nitrogens with zero attached hydrogens (tertiary/aromatic N) is 1. The molecule has 0 bridgehead atoms. The molecule has 188 valence electrons. The van der Waals surface area contributed by atoms with Crippen LogP contribution < -0.4 is 0 Å². The maximum absolute atomic E-state index is 13.1. The van der Waals surface area contributed by atoms with Gasteiger partial charge >= 0.3 is 5.97 Å². The molecule has 5 atom stereocenters. The maximum atomic E-state index is 13.1. The van der Waals surface area contributed by atoms with Gasteiger partial charge in [-0.2, -0.15) is 0 Å². The number of aromatic nitrogens is 1. The molecular formula is C27H39NO5S. The van der Waals surface area contributed by atoms with Gasteiger partial charge in [0.05, 0.1) is 34.7 Å². The number of esters is 1. The normalized spacial score (nSPS) is 32.6. The van der Waals surface area contributed by atoms with Gasteiger partial charge in [-0.25, -0.2) is 4.98 Å². The highest BCUT2D eigenvalue weighted by Gasteiger charge is 2.42. The van der Waals surface area contributed by atoms with Crippen LogP contribution in [-0.4, -0.2) is 45.3 Å². The summed E-state index contributed by atoms with van der Waals surface area (Å²) in [5.41, 5.74) is 1.57. The van der Waals surface area contributed by atoms with Gasteiger partial charge < -0.3 is 14.9 Å². The lowest BCUT2D eigenvalue weighted by Crippen LogP contribution is -2.45. The third kappa shape index (κ3) is 7.45. The second kappa shape index (κ2) is 12.0. The first-order valence-corrected chi connectivity index (χ1v) is 12.7. The van der Waals surface area contributed by atoms with Gasteiger partial charge in [0.2, 0.25) is 0 Å². The van der Waals surface area contributed by atoms with E-state index in [0.29, 0.717) is 12.8 Å². The molecule has 0 saturated carbocycles. The van der Waals surface area contributed by atoms with Crippen molar-refractivity contribution in [3.05, 3.63) is 45.5 Å². The van der Waals surface area contributed by atoms with E-state index in [4.69, 9.17) is 4.74 Å². The highest BCUT2D eigenvalue weighted by Crippen LogP contribution is 2.31. The minimum Gasteiger partial charge on any atom is -0.457 e. The Kier molecular flexibility index (Phi) is 9.97. The molecule has 2 N–H and O–H groups in total. The molecule has 0 fully saturated rings. The molecule has 0 spiro atoms. The molecule has 0 amide bonds. The molecule has 2 heterocycles. The second-order valence-electron chi connectivity index (χ2n) is 10.0. The Morgan fingerprint density at radius 1 is 1.24 bits per heavy atom. The summed E-state index contributed by atoms with van der Waals surface area (Å²) in [4.78, 5) is 30.4. The van der Waals surface area contributed by atoms with Gasteiger partial charge in [-0.3, -0.25) is 9.59 Å². The largest absolute Gasteiger partial charge is 0.457 e. The van der Waals surface area contributed by atoms with Crippen molar-refractivity contribution < 1.29 is 24.5 Å². The van der Waals surface area contributed by atoms with E-state index in [1.807, 2.05) is 57.4 Å². The van der Waals surface area contributed by atoms with E-state index < -0.39 is 35.6 Å². The van der Waals surface area contributed by atoms with Crippen LogP contribution in [0.25, 0.3) is 6.08 Å². The Balaban J connectivity index is 2.37. The second-order valence-corrected chi connectivity index (χ2v) is 11.1. The van der Waals surface area contributed by atoms with Gasteiger partial charge in [0.1, 0.15) is 11.9 Å². The standard InChI is InChI=1S/C27H39NO5S/c1-16-9-8-10-17(2)25(31)19(4)26(32)27(6,7)23(29)14-24(30)33-22(12-11-16)18(3)13-21-15-34-20(5)28-21/h8,10-11,13,15,17,19,22-23,25,29,31H,9,12,14H2,1-7H3/b10-8+,16-11-,18-13+/t17-,19-,22-,23-,25?/m0/s1. The van der Waals surface area contributed by atoms with Crippen molar-refractivity contribution in [1.82, 2.24) is 4.98 Å². The topological polar surface area (TPSA) is 96.7 Å². The highest BCUT2D eigenvalue weighted by molar-refractivity contribution is 7.09. The first kappa shape index (κ1) is 28.1. The number of allylic oxidation sites excluding steroid dienone is 2. The number of Topliss-reactive ketones (excluding diaryl/α,β-unsaturated/α-hetero) is 1. The molecule has 0 saturated heterocycles. The lowest BCUT2D eigenvalue weighted by Gasteiger charge is -2.34. The van der Waals surface area contributed by atoms with Gasteiger partial charge in [-0.1, -0.05) is 51.5 Å². The Hall–Kier alpha value is -2.09. The van der Waals surface area contributed by atoms with E-state index in [1.54, 1.807) is 32.1 Å². The SMILES string of the molecule is C/C1=C/C[C@@H](/C(C)=C/c2csc(C)n2)OC(=O)C[C@H](O)C(C)(C)C(=O)[C@@H](C)C(O)[C@@H](C)/C=C/C1. The highest BCUT2D eigenvalue weighted by atomic mass is 32.1. The van der Waals surface area contributed by atoms with Gasteiger partial charge in [-0.05, 0) is 38.8 Å². The van der Waals surface area contributed by atoms with Gasteiger partial charge in [0.25, 0.3) is 0 Å². The van der Waals surface area contributed by atoms with Crippen LogP contribution in [0.2, 0.25) is 0 Å². The molecule has 34 heavy (non-hydrogen) atoms. The molecule has 1 aromatic rings. The molecule has 2 rings (SSSR count). The Morgan fingerprint density at radius 2 is 1.91 bits per heavy atom. The predicted octanol–water partition coefficient (Wildman–Crippen LogP) is 5.04. The number of ketones is 1. The maximum Gasteiger partial charge on any atom is 0.309 e. The lowest BCUT2D eigenvalue weighted by molar-refractivity contribution is -0.154. The summed E-state index contributed by atoms with van der Waals surface area (Å²) in [5.74, 6) is -1.77. The van der Waals surface area contributed by atoms with Crippen LogP contribution in [-0.2, 0) is 14.3 Å². The number of rotatable bonds is 2. The van der Waals surface area contributed by atoms with Crippen molar-refractivity contribution in [2.45, 2.75) is 86.0 Å². The summed E-state index contributed by atoms with van der Waals surface area (Å²) in [6.07, 6.45) is 6.13. The van der Waals surface area contributed by atoms with Crippen molar-refractivity contribution in [3.8, 4) is 0 Å². The van der Waals surface area contributed by atoms with E-state index in [-0.39, 0.29) is 18.1 Å². The van der Waals surface area contributed by atoms with Gasteiger partial charge in [0.15, 0.2) is 0 Å². The molecule has 6 nitrogen and oxygen atoms in total. The number of carbonyl (C=O) groups excluding carboxylic acids is 2. The van der Waals surface area contributed by atoms with Crippen LogP contribution in [0.4, 0.5) is 0 Å². The van der Waals surface area contributed by atoms with Crippen molar-refractivity contribution in [3.63, 3.8) is 0 Å². The zero-order chi connectivity index (χ0) is 25.6. The minimum absolute atomic E-state index is 0.225. The zero-order valence-electron chi connectivity index (χ0n) is 21.4. The number of aryl methyl sites for hydroxylation is 1. The zero-order valence-corrected chi connectivity index (χ0v) is 22.2. The number of ether oxygens (including phenoxy) is 1. The average Bonchev–Trinajstić information content (AvgIpc) is 3.18. The molecule has 1 unspecified atom stereocenters. The van der Waals surface area contributed by atoms with Crippen molar-refractivity contribution in [1.29, 1.82) is 0 Å². The van der Waals surface area contributed by atoms with Gasteiger partial charge in [0, 0.05) is 23.6 Å². The summed E-state index contributed by atoms with van der Waals surface area (Å²) in [7, 11) is 0. The smallest absolute Gasteiger partial charge is 0.309 e. The van der Waals surface area contributed by atoms with E-state index in [0.717, 1.165) is 21.8 Å². The molecular weight excluding hydrogens is 450 g/mol. The first-order valence-electron chi connectivity index (χ1n) is 11.9. The number of aliphatic hydroxyl groups excluding tert-OH is 2. The van der Waals surface area contributed by atoms with Crippen LogP contribution >= 0.6 is 11.3 Å². The lowest BCUT2D eigenvalue weighted by atomic mass is 9.73. The number of aliphatic hydroxyl groups is 2. The summed E-state index contributed by atoms with van der Waals surface area (Å²) in [6.45, 7) is 12.6. The van der Waals surface area contributed by atoms with E-state index >= 15 is 0 Å². The first-order chi connectivity index (χ1) is 15.8. The fourth-order valence-corrected chi connectivity index (χ4v) is 4.62. The van der Waals surface area contributed by atoms with E-state index in [2.05, 4.69) is 4.98 Å². The molecule has 0 aromatic carbocycles. The minimum atomic E-state index is -1.23. The van der Waals surface area contributed by atoms with Gasteiger partial charge in [-0.15, -0.1) is 11.3 Å². The Morgan fingerprint density at radius 3 is 2.53 bits per heavy atom. The number of thiazole rings is 1. The van der Waals surface area contributed by atoms with E-state index in [9.17, 15) is 19.8 Å². The Bertz CT molecular complexity index is 958. The predicted molar refractivity (Wildman–Crippen MR) is 136 cm³/mol. The van der Waals surface area contributed by atoms with Crippen LogP contribution in [0.3, 0.4) is 0 Å². The summed E-state index contributed by atoms with van der Waals surface area (Å²) < 4.78 is 5.79. The molecule has 1 aliphatic heterocycles. The molecule has 0 aliphatic carbocycles. The molecule has 0 radical (unpaired) electrons. The number of hydrogen-bond donors (Lipinski definition) is 2. The third-order valence-electron chi connectivity index (χ3n) is 6.65. The van der Waals surface area contributed by atoms with Crippen LogP contribution in [0.5, 0.6) is 0 Å². The van der Waals surface area contributed by atoms with Crippen LogP contribution in [0, 0.1) is 24.2 Å². The molecule has 1 aliphatic rings. The Labute approximate surface area is 207 Å². The van der Waals surface area contributed by atoms with Crippen molar-refractivity contribution >= 4 is 29.2 Å². The number of cyclic esters (lactones) is 1. The summed E-state index contributed by atoms with van der Waals surface area (Å²) in [6, 6.07) is 0. The fourth-order valence-electron chi connectivity index (χ4n) is 4.05. The number of carbonyl (C=O) groups is 2. The van der Waals surface area contributed by atoms with Crippen molar-refractivity contribution in [2.75, 3.05) is 0 Å². The molecule has 7 heteroatoms. The monoisotopic (exact) mass is 489 g/mol. The third-order valence-corrected chi connectivity index (χ3v) is 7.44.